The third-order valence-electron chi connectivity index (χ3n) is 0.911. The predicted molar refractivity (Wildman–Crippen MR) is 43.8 cm³/mol. The molecule has 0 aliphatic rings. The Labute approximate surface area is 338 Å². The minimum absolute atomic E-state index is 0. The van der Waals surface area contributed by atoms with E-state index in [0.29, 0.717) is 6.71 Å². The van der Waals surface area contributed by atoms with Crippen LogP contribution in [0.5, 0.6) is 0 Å². The van der Waals surface area contributed by atoms with Crippen LogP contribution in [0.15, 0.2) is 5.47 Å². The van der Waals surface area contributed by atoms with E-state index >= 15 is 0 Å². The summed E-state index contributed by atoms with van der Waals surface area (Å²) in [5.41, 5.74) is 1.01. The van der Waals surface area contributed by atoms with Gasteiger partial charge in [-0.3, -0.25) is 5.47 Å². The summed E-state index contributed by atoms with van der Waals surface area (Å²) in [4.78, 5) is 0. The van der Waals surface area contributed by atoms with Crippen LogP contribution in [0.4, 0.5) is 0 Å². The van der Waals surface area contributed by atoms with Gasteiger partial charge in [0.05, 0.1) is 0 Å². The summed E-state index contributed by atoms with van der Waals surface area (Å²) in [6.45, 7) is 12.0. The Morgan fingerprint density at radius 1 is 0.647 bits per heavy atom. The molecular weight excluding hydrogens is 895 g/mol. The van der Waals surface area contributed by atoms with E-state index in [4.69, 9.17) is 6.58 Å². The molecule has 0 N–H and O–H groups in total. The maximum atomic E-state index is 5.35. The second-order valence-electron chi connectivity index (χ2n) is 1.90. The van der Waals surface area contributed by atoms with Crippen LogP contribution < -0.4 is 0 Å². The Balaban J connectivity index is -0.00000000227. The Bertz CT molecular complexity index is 72.4. The standard InChI is InChI=1S/C5H10B.2CH3.9Y/c1-5(2)6(3)4;;;;;;;;;;;/h1H,2-4H3;2*1H3;;;;;;;;;/q3*-1;;;;;;;;;. The molecule has 9 radical (unpaired) electrons. The summed E-state index contributed by atoms with van der Waals surface area (Å²) in [5.74, 6) is 0. The Kier molecular flexibility index (Phi) is 305. The molecule has 17 heavy (non-hydrogen) atoms. The van der Waals surface area contributed by atoms with Gasteiger partial charge in [0.1, 0.15) is 6.71 Å². The Morgan fingerprint density at radius 2 is 0.706 bits per heavy atom. The van der Waals surface area contributed by atoms with Crippen molar-refractivity contribution < 1.29 is 294 Å². The van der Waals surface area contributed by atoms with Crippen molar-refractivity contribution in [2.24, 2.45) is 0 Å². The topological polar surface area (TPSA) is 0 Å². The smallest absolute Gasteiger partial charge is 0.126 e. The summed E-state index contributed by atoms with van der Waals surface area (Å²) in [6, 6.07) is 0. The van der Waals surface area contributed by atoms with E-state index in [-0.39, 0.29) is 309 Å². The summed E-state index contributed by atoms with van der Waals surface area (Å²) < 4.78 is 0. The van der Waals surface area contributed by atoms with Crippen molar-refractivity contribution in [1.29, 1.82) is 0 Å². The van der Waals surface area contributed by atoms with Crippen molar-refractivity contribution in [3.8, 4) is 0 Å². The van der Waals surface area contributed by atoms with Gasteiger partial charge in [0.2, 0.25) is 0 Å². The minimum atomic E-state index is 0. The molecule has 0 unspecified atom stereocenters. The van der Waals surface area contributed by atoms with Gasteiger partial charge in [-0.2, -0.15) is 0 Å². The molecule has 10 heteroatoms. The molecule has 0 saturated carbocycles. The van der Waals surface area contributed by atoms with Gasteiger partial charge in [0.15, 0.2) is 0 Å². The zero-order valence-corrected chi connectivity index (χ0v) is 37.4. The maximum absolute atomic E-state index is 5.35. The molecule has 0 aromatic carbocycles. The van der Waals surface area contributed by atoms with E-state index in [0.717, 1.165) is 5.47 Å². The van der Waals surface area contributed by atoms with Crippen molar-refractivity contribution in [3.05, 3.63) is 26.9 Å². The molecule has 0 heterocycles. The molecule has 0 atom stereocenters. The molecule has 77 valence electrons. The molecule has 0 aromatic rings. The zero-order valence-electron chi connectivity index (χ0n) is 11.9. The third-order valence-corrected chi connectivity index (χ3v) is 0.911. The van der Waals surface area contributed by atoms with Crippen LogP contribution in [0.3, 0.4) is 0 Å². The molecule has 0 fully saturated rings. The van der Waals surface area contributed by atoms with E-state index in [2.05, 4.69) is 13.6 Å². The first-order valence-electron chi connectivity index (χ1n) is 2.23. The fourth-order valence-corrected chi connectivity index (χ4v) is 0. The van der Waals surface area contributed by atoms with Crippen molar-refractivity contribution in [1.82, 2.24) is 0 Å². The first-order chi connectivity index (χ1) is 2.64. The Morgan fingerprint density at radius 3 is 0.706 bits per heavy atom. The van der Waals surface area contributed by atoms with Crippen LogP contribution in [-0.4, -0.2) is 6.71 Å². The van der Waals surface area contributed by atoms with Gasteiger partial charge in [-0.15, -0.1) is 0 Å². The first-order valence-corrected chi connectivity index (χ1v) is 2.23. The molecule has 0 aliphatic heterocycles. The number of hydrogen-bond acceptors (Lipinski definition) is 0. The van der Waals surface area contributed by atoms with Crippen molar-refractivity contribution in [2.75, 3.05) is 0 Å². The SMILES string of the molecule is [CH-]=C(C)B(C)C.[CH3-].[CH3-].[Y].[Y].[Y].[Y].[Y].[Y].[Y].[Y].[Y]. The summed E-state index contributed by atoms with van der Waals surface area (Å²) in [7, 11) is 0. The average Bonchev–Trinajstić information content (AvgIpc) is 1.36. The van der Waals surface area contributed by atoms with Crippen LogP contribution >= 0.6 is 0 Å². The molecule has 0 amide bonds. The quantitative estimate of drug-likeness (QED) is 0.281. The molecule has 0 spiro atoms. The largest absolute Gasteiger partial charge is 0.524 e. The van der Waals surface area contributed by atoms with Gasteiger partial charge in [0, 0.05) is 294 Å². The maximum Gasteiger partial charge on any atom is 0.126 e. The van der Waals surface area contributed by atoms with Crippen LogP contribution in [0, 0.1) is 21.4 Å². The molecule has 0 aliphatic carbocycles. The molecule has 0 rings (SSSR count). The normalized spacial score (nSPS) is 2.76. The monoisotopic (exact) mass is 911 g/mol. The van der Waals surface area contributed by atoms with E-state index in [1.54, 1.807) is 0 Å². The fourth-order valence-electron chi connectivity index (χ4n) is 0. The van der Waals surface area contributed by atoms with Gasteiger partial charge < -0.3 is 21.4 Å². The average molecular weight is 911 g/mol. The molecule has 0 saturated heterocycles. The molecule has 0 aromatic heterocycles. The van der Waals surface area contributed by atoms with Crippen LogP contribution in [0.2, 0.25) is 13.6 Å². The third kappa shape index (κ3) is 76.8. The van der Waals surface area contributed by atoms with E-state index in [1.165, 1.54) is 0 Å². The van der Waals surface area contributed by atoms with Crippen LogP contribution in [-0.2, 0) is 294 Å². The van der Waals surface area contributed by atoms with Crippen molar-refractivity contribution >= 4 is 6.71 Å². The second kappa shape index (κ2) is 63.6. The second-order valence-corrected chi connectivity index (χ2v) is 1.90. The number of allylic oxidation sites excluding steroid dienone is 1. The molecule has 0 nitrogen and oxygen atoms in total. The van der Waals surface area contributed by atoms with E-state index in [1.807, 2.05) is 6.92 Å². The van der Waals surface area contributed by atoms with Crippen LogP contribution in [0.25, 0.3) is 0 Å². The number of hydrogen-bond donors (Lipinski definition) is 0. The fraction of sp³-hybridized carbons (Fsp3) is 0.429. The first kappa shape index (κ1) is 81.5. The van der Waals surface area contributed by atoms with Gasteiger partial charge in [-0.1, -0.05) is 20.6 Å². The molecule has 0 bridgehead atoms. The Hall–Kier alpha value is 9.74. The van der Waals surface area contributed by atoms with E-state index in [9.17, 15) is 0 Å². The summed E-state index contributed by atoms with van der Waals surface area (Å²) in [6.07, 6.45) is 0. The summed E-state index contributed by atoms with van der Waals surface area (Å²) >= 11 is 0. The van der Waals surface area contributed by atoms with Crippen molar-refractivity contribution in [2.45, 2.75) is 20.6 Å². The minimum Gasteiger partial charge on any atom is -0.524 e. The van der Waals surface area contributed by atoms with E-state index < -0.39 is 0 Å². The van der Waals surface area contributed by atoms with Crippen molar-refractivity contribution in [3.63, 3.8) is 0 Å². The number of rotatable bonds is 1. The van der Waals surface area contributed by atoms with Gasteiger partial charge in [0.25, 0.3) is 0 Å². The van der Waals surface area contributed by atoms with Gasteiger partial charge >= 0.3 is 0 Å². The predicted octanol–water partition coefficient (Wildman–Crippen LogP) is 2.54. The van der Waals surface area contributed by atoms with Crippen LogP contribution in [0.1, 0.15) is 6.92 Å². The molecular formula is C7H16BY9-3. The zero-order chi connectivity index (χ0) is 5.15. The van der Waals surface area contributed by atoms with Gasteiger partial charge in [-0.25, -0.2) is 0 Å². The van der Waals surface area contributed by atoms with Gasteiger partial charge in [-0.05, 0) is 0 Å². The summed E-state index contributed by atoms with van der Waals surface area (Å²) in [5, 5.41) is 0.